The molecule has 2 nitrogen and oxygen atoms in total. The highest BCUT2D eigenvalue weighted by Gasteiger charge is 2.13. The monoisotopic (exact) mass is 270 g/mol. The molecule has 5 heteroatoms. The highest BCUT2D eigenvalue weighted by atomic mass is 35.5. The molecule has 1 heterocycles. The molecule has 17 heavy (non-hydrogen) atoms. The lowest BCUT2D eigenvalue weighted by atomic mass is 10.0. The molecular formula is C12H9Cl2FN2. The third kappa shape index (κ3) is 2.40. The number of benzene rings is 1. The number of halogens is 3. The van der Waals surface area contributed by atoms with Crippen molar-refractivity contribution in [2.45, 2.75) is 13.3 Å². The lowest BCUT2D eigenvalue weighted by molar-refractivity contribution is 0.615. The van der Waals surface area contributed by atoms with Gasteiger partial charge in [0.25, 0.3) is 0 Å². The molecule has 0 unspecified atom stereocenters. The first-order valence-electron chi connectivity index (χ1n) is 5.10. The number of aromatic nitrogens is 2. The summed E-state index contributed by atoms with van der Waals surface area (Å²) in [6, 6.07) is 7.61. The summed E-state index contributed by atoms with van der Waals surface area (Å²) >= 11 is 11.3. The Labute approximate surface area is 108 Å². The molecule has 1 aromatic heterocycles. The van der Waals surface area contributed by atoms with Crippen LogP contribution in [0, 0.1) is 5.82 Å². The van der Waals surface area contributed by atoms with Gasteiger partial charge < -0.3 is 0 Å². The predicted octanol–water partition coefficient (Wildman–Crippen LogP) is 4.15. The molecule has 2 rings (SSSR count). The van der Waals surface area contributed by atoms with Crippen LogP contribution in [0.1, 0.15) is 12.5 Å². The smallest absolute Gasteiger partial charge is 0.197 e. The van der Waals surface area contributed by atoms with E-state index in [2.05, 4.69) is 9.97 Å². The second-order valence-electron chi connectivity index (χ2n) is 3.45. The number of hydrogen-bond donors (Lipinski definition) is 0. The van der Waals surface area contributed by atoms with Crippen molar-refractivity contribution in [3.63, 3.8) is 0 Å². The van der Waals surface area contributed by atoms with E-state index in [1.165, 1.54) is 0 Å². The van der Waals surface area contributed by atoms with Gasteiger partial charge in [-0.05, 0) is 12.0 Å². The maximum atomic E-state index is 13.2. The Bertz CT molecular complexity index is 535. The van der Waals surface area contributed by atoms with Gasteiger partial charge in [0.05, 0.1) is 0 Å². The summed E-state index contributed by atoms with van der Waals surface area (Å²) in [5.41, 5.74) is 1.88. The summed E-state index contributed by atoms with van der Waals surface area (Å²) in [5.74, 6) is -0.440. The highest BCUT2D eigenvalue weighted by Crippen LogP contribution is 2.26. The average Bonchev–Trinajstić information content (AvgIpc) is 2.35. The minimum absolute atomic E-state index is 0.258. The molecule has 0 bridgehead atoms. The van der Waals surface area contributed by atoms with E-state index >= 15 is 0 Å². The lowest BCUT2D eigenvalue weighted by Crippen LogP contribution is -1.97. The molecule has 0 saturated carbocycles. The Morgan fingerprint density at radius 2 is 1.71 bits per heavy atom. The molecule has 0 aliphatic carbocycles. The van der Waals surface area contributed by atoms with Gasteiger partial charge in [0, 0.05) is 5.56 Å². The van der Waals surface area contributed by atoms with Crippen LogP contribution >= 0.6 is 23.2 Å². The first-order chi connectivity index (χ1) is 8.13. The van der Waals surface area contributed by atoms with Gasteiger partial charge in [0.15, 0.2) is 21.9 Å². The molecule has 0 spiro atoms. The second kappa shape index (κ2) is 4.98. The van der Waals surface area contributed by atoms with Crippen molar-refractivity contribution in [1.82, 2.24) is 9.97 Å². The molecule has 2 aromatic rings. The van der Waals surface area contributed by atoms with E-state index in [0.29, 0.717) is 5.82 Å². The highest BCUT2D eigenvalue weighted by molar-refractivity contribution is 6.33. The Balaban J connectivity index is 2.61. The molecule has 0 aliphatic rings. The van der Waals surface area contributed by atoms with Gasteiger partial charge in [0.1, 0.15) is 0 Å². The van der Waals surface area contributed by atoms with E-state index < -0.39 is 5.82 Å². The van der Waals surface area contributed by atoms with Gasteiger partial charge in [-0.15, -0.1) is 0 Å². The minimum atomic E-state index is -0.786. The largest absolute Gasteiger partial charge is 0.213 e. The van der Waals surface area contributed by atoms with Crippen LogP contribution in [0.3, 0.4) is 0 Å². The number of aryl methyl sites for hydroxylation is 1. The Morgan fingerprint density at radius 3 is 2.29 bits per heavy atom. The zero-order valence-corrected chi connectivity index (χ0v) is 10.6. The van der Waals surface area contributed by atoms with Crippen LogP contribution in [-0.2, 0) is 6.42 Å². The summed E-state index contributed by atoms with van der Waals surface area (Å²) < 4.78 is 13.2. The van der Waals surface area contributed by atoms with Gasteiger partial charge in [-0.25, -0.2) is 14.4 Å². The van der Waals surface area contributed by atoms with Gasteiger partial charge >= 0.3 is 0 Å². The van der Waals surface area contributed by atoms with Crippen molar-refractivity contribution in [2.75, 3.05) is 0 Å². The van der Waals surface area contributed by atoms with E-state index in [1.807, 2.05) is 31.2 Å². The first kappa shape index (κ1) is 12.3. The zero-order chi connectivity index (χ0) is 12.4. The SMILES string of the molecule is CCc1ccccc1-c1nc(Cl)c(F)c(Cl)n1. The quantitative estimate of drug-likeness (QED) is 0.767. The van der Waals surface area contributed by atoms with E-state index in [1.54, 1.807) is 0 Å². The van der Waals surface area contributed by atoms with Crippen LogP contribution in [0.15, 0.2) is 24.3 Å². The molecule has 88 valence electrons. The maximum absolute atomic E-state index is 13.2. The number of hydrogen-bond acceptors (Lipinski definition) is 2. The van der Waals surface area contributed by atoms with Crippen molar-refractivity contribution >= 4 is 23.2 Å². The van der Waals surface area contributed by atoms with E-state index in [0.717, 1.165) is 17.5 Å². The zero-order valence-electron chi connectivity index (χ0n) is 9.04. The van der Waals surface area contributed by atoms with Crippen molar-refractivity contribution in [3.05, 3.63) is 46.0 Å². The Hall–Kier alpha value is -1.19. The third-order valence-corrected chi connectivity index (χ3v) is 2.91. The fraction of sp³-hybridized carbons (Fsp3) is 0.167. The van der Waals surface area contributed by atoms with Gasteiger partial charge in [0.2, 0.25) is 0 Å². The van der Waals surface area contributed by atoms with Crippen LogP contribution in [0.2, 0.25) is 10.3 Å². The second-order valence-corrected chi connectivity index (χ2v) is 4.17. The average molecular weight is 271 g/mol. The van der Waals surface area contributed by atoms with Crippen LogP contribution in [-0.4, -0.2) is 9.97 Å². The van der Waals surface area contributed by atoms with Crippen molar-refractivity contribution in [3.8, 4) is 11.4 Å². The summed E-state index contributed by atoms with van der Waals surface area (Å²) in [5, 5.41) is -0.517. The molecule has 0 N–H and O–H groups in total. The maximum Gasteiger partial charge on any atom is 0.197 e. The first-order valence-corrected chi connectivity index (χ1v) is 5.86. The molecule has 0 aliphatic heterocycles. The molecular weight excluding hydrogens is 262 g/mol. The van der Waals surface area contributed by atoms with E-state index in [9.17, 15) is 4.39 Å². The fourth-order valence-corrected chi connectivity index (χ4v) is 1.95. The number of rotatable bonds is 2. The summed E-state index contributed by atoms with van der Waals surface area (Å²) in [6.45, 7) is 2.02. The summed E-state index contributed by atoms with van der Waals surface area (Å²) in [7, 11) is 0. The van der Waals surface area contributed by atoms with Crippen LogP contribution in [0.5, 0.6) is 0 Å². The molecule has 1 aromatic carbocycles. The molecule has 0 amide bonds. The van der Waals surface area contributed by atoms with Crippen LogP contribution < -0.4 is 0 Å². The van der Waals surface area contributed by atoms with E-state index in [4.69, 9.17) is 23.2 Å². The molecule has 0 fully saturated rings. The molecule has 0 atom stereocenters. The fourth-order valence-electron chi connectivity index (χ4n) is 1.56. The van der Waals surface area contributed by atoms with Gasteiger partial charge in [-0.3, -0.25) is 0 Å². The molecule has 0 saturated heterocycles. The van der Waals surface area contributed by atoms with Crippen LogP contribution in [0.4, 0.5) is 4.39 Å². The Morgan fingerprint density at radius 1 is 1.12 bits per heavy atom. The number of nitrogens with zero attached hydrogens (tertiary/aromatic N) is 2. The predicted molar refractivity (Wildman–Crippen MR) is 66.8 cm³/mol. The van der Waals surface area contributed by atoms with E-state index in [-0.39, 0.29) is 10.3 Å². The van der Waals surface area contributed by atoms with Crippen molar-refractivity contribution in [2.24, 2.45) is 0 Å². The van der Waals surface area contributed by atoms with Crippen molar-refractivity contribution < 1.29 is 4.39 Å². The third-order valence-electron chi connectivity index (χ3n) is 2.41. The summed E-state index contributed by atoms with van der Waals surface area (Å²) in [6.07, 6.45) is 0.826. The van der Waals surface area contributed by atoms with Crippen molar-refractivity contribution in [1.29, 1.82) is 0 Å². The normalized spacial score (nSPS) is 10.6. The minimum Gasteiger partial charge on any atom is -0.213 e. The standard InChI is InChI=1S/C12H9Cl2FN2/c1-2-7-5-3-4-6-8(7)12-16-10(13)9(15)11(14)17-12/h3-6H,2H2,1H3. The topological polar surface area (TPSA) is 25.8 Å². The van der Waals surface area contributed by atoms with Crippen LogP contribution in [0.25, 0.3) is 11.4 Å². The van der Waals surface area contributed by atoms with Gasteiger partial charge in [-0.2, -0.15) is 0 Å². The summed E-state index contributed by atoms with van der Waals surface area (Å²) in [4.78, 5) is 7.81. The Kier molecular flexibility index (Phi) is 3.60. The van der Waals surface area contributed by atoms with Gasteiger partial charge in [-0.1, -0.05) is 54.4 Å². The molecule has 0 radical (unpaired) electrons. The lowest BCUT2D eigenvalue weighted by Gasteiger charge is -2.07.